The van der Waals surface area contributed by atoms with E-state index in [1.807, 2.05) is 25.8 Å². The lowest BCUT2D eigenvalue weighted by molar-refractivity contribution is -0.169. The molecule has 0 bridgehead atoms. The van der Waals surface area contributed by atoms with Gasteiger partial charge in [-0.25, -0.2) is 8.78 Å². The molecule has 2 rings (SSSR count). The number of hydrogen-bond donors (Lipinski definition) is 0. The molecule has 0 radical (unpaired) electrons. The highest BCUT2D eigenvalue weighted by molar-refractivity contribution is 5.87. The van der Waals surface area contributed by atoms with E-state index >= 15 is 0 Å². The maximum Gasteiger partial charge on any atom is 0.319 e. The zero-order valence-electron chi connectivity index (χ0n) is 12.1. The molecule has 110 valence electrons. The second-order valence-corrected chi connectivity index (χ2v) is 5.24. The van der Waals surface area contributed by atoms with Gasteiger partial charge in [0.15, 0.2) is 11.6 Å². The Morgan fingerprint density at radius 3 is 2.40 bits per heavy atom. The van der Waals surface area contributed by atoms with Crippen LogP contribution in [0.15, 0.2) is 18.2 Å². The Kier molecular flexibility index (Phi) is 3.82. The molecule has 0 amide bonds. The van der Waals surface area contributed by atoms with Crippen molar-refractivity contribution < 1.29 is 18.3 Å². The van der Waals surface area contributed by atoms with E-state index in [9.17, 15) is 13.6 Å². The average Bonchev–Trinajstić information content (AvgIpc) is 2.43. The fourth-order valence-electron chi connectivity index (χ4n) is 3.19. The zero-order chi connectivity index (χ0) is 15.1. The van der Waals surface area contributed by atoms with Gasteiger partial charge in [0.2, 0.25) is 0 Å². The van der Waals surface area contributed by atoms with Gasteiger partial charge in [-0.1, -0.05) is 6.07 Å². The molecular weight excluding hydrogens is 264 g/mol. The third-order valence-corrected chi connectivity index (χ3v) is 4.55. The van der Waals surface area contributed by atoms with Crippen molar-refractivity contribution in [2.75, 3.05) is 13.7 Å². The molecule has 1 aliphatic rings. The number of hydrogen-bond acceptors (Lipinski definition) is 3. The first kappa shape index (κ1) is 14.9. The Hall–Kier alpha value is -1.49. The number of ether oxygens (including phenoxy) is 1. The molecular formula is C15H19F2NO2. The van der Waals surface area contributed by atoms with Crippen LogP contribution in [0.5, 0.6) is 0 Å². The zero-order valence-corrected chi connectivity index (χ0v) is 12.1. The SMILES string of the molecule is CCOC(=O)C1(c2ccc(F)c(F)c2)C(C)N(C)C1C. The number of carbonyl (C=O) groups is 1. The highest BCUT2D eigenvalue weighted by Gasteiger charge is 2.62. The van der Waals surface area contributed by atoms with E-state index < -0.39 is 17.0 Å². The summed E-state index contributed by atoms with van der Waals surface area (Å²) in [5, 5.41) is 0. The van der Waals surface area contributed by atoms with Gasteiger partial charge in [0.1, 0.15) is 5.41 Å². The van der Waals surface area contributed by atoms with Gasteiger partial charge in [-0.05, 0) is 45.5 Å². The van der Waals surface area contributed by atoms with Crippen LogP contribution in [0.25, 0.3) is 0 Å². The van der Waals surface area contributed by atoms with Crippen molar-refractivity contribution in [2.24, 2.45) is 0 Å². The maximum absolute atomic E-state index is 13.5. The van der Waals surface area contributed by atoms with Crippen molar-refractivity contribution in [3.63, 3.8) is 0 Å². The Balaban J connectivity index is 2.53. The molecule has 0 spiro atoms. The number of halogens is 2. The number of carbonyl (C=O) groups excluding carboxylic acids is 1. The number of likely N-dealkylation sites (N-methyl/N-ethyl adjacent to an activating group) is 1. The van der Waals surface area contributed by atoms with E-state index in [1.54, 1.807) is 6.92 Å². The van der Waals surface area contributed by atoms with E-state index in [1.165, 1.54) is 6.07 Å². The lowest BCUT2D eigenvalue weighted by Gasteiger charge is -2.58. The first-order valence-electron chi connectivity index (χ1n) is 6.72. The lowest BCUT2D eigenvalue weighted by atomic mass is 9.62. The van der Waals surface area contributed by atoms with Gasteiger partial charge in [0.25, 0.3) is 0 Å². The van der Waals surface area contributed by atoms with Gasteiger partial charge < -0.3 is 4.74 Å². The Morgan fingerprint density at radius 2 is 1.90 bits per heavy atom. The first-order chi connectivity index (χ1) is 9.37. The third-order valence-electron chi connectivity index (χ3n) is 4.55. The molecule has 2 unspecified atom stereocenters. The predicted molar refractivity (Wildman–Crippen MR) is 71.4 cm³/mol. The third kappa shape index (κ3) is 1.84. The van der Waals surface area contributed by atoms with Crippen LogP contribution >= 0.6 is 0 Å². The van der Waals surface area contributed by atoms with Crippen LogP contribution in [-0.4, -0.2) is 36.6 Å². The molecule has 3 nitrogen and oxygen atoms in total. The first-order valence-corrected chi connectivity index (χ1v) is 6.72. The number of rotatable bonds is 3. The van der Waals surface area contributed by atoms with E-state index in [0.717, 1.165) is 12.1 Å². The maximum atomic E-state index is 13.5. The molecule has 0 aliphatic carbocycles. The van der Waals surface area contributed by atoms with Gasteiger partial charge in [-0.15, -0.1) is 0 Å². The fraction of sp³-hybridized carbons (Fsp3) is 0.533. The van der Waals surface area contributed by atoms with Crippen LogP contribution in [0.2, 0.25) is 0 Å². The van der Waals surface area contributed by atoms with E-state index in [2.05, 4.69) is 0 Å². The molecule has 1 aromatic carbocycles. The highest BCUT2D eigenvalue weighted by atomic mass is 19.2. The predicted octanol–water partition coefficient (Wildman–Crippen LogP) is 2.49. The highest BCUT2D eigenvalue weighted by Crippen LogP contribution is 2.46. The summed E-state index contributed by atoms with van der Waals surface area (Å²) in [6.07, 6.45) is 0. The van der Waals surface area contributed by atoms with Crippen LogP contribution in [0.1, 0.15) is 26.3 Å². The molecule has 1 saturated heterocycles. The van der Waals surface area contributed by atoms with Gasteiger partial charge in [0, 0.05) is 12.1 Å². The summed E-state index contributed by atoms with van der Waals surface area (Å²) in [6.45, 7) is 5.76. The van der Waals surface area contributed by atoms with Gasteiger partial charge in [-0.3, -0.25) is 9.69 Å². The summed E-state index contributed by atoms with van der Waals surface area (Å²) in [5.41, 5.74) is -0.479. The number of likely N-dealkylation sites (tertiary alicyclic amines) is 1. The van der Waals surface area contributed by atoms with E-state index in [0.29, 0.717) is 5.56 Å². The van der Waals surface area contributed by atoms with Crippen LogP contribution in [-0.2, 0) is 14.9 Å². The van der Waals surface area contributed by atoms with Gasteiger partial charge in [-0.2, -0.15) is 0 Å². The summed E-state index contributed by atoms with van der Waals surface area (Å²) >= 11 is 0. The topological polar surface area (TPSA) is 29.5 Å². The largest absolute Gasteiger partial charge is 0.465 e. The summed E-state index contributed by atoms with van der Waals surface area (Å²) < 4.78 is 31.8. The fourth-order valence-corrected chi connectivity index (χ4v) is 3.19. The summed E-state index contributed by atoms with van der Waals surface area (Å²) in [5.74, 6) is -2.25. The Labute approximate surface area is 117 Å². The molecule has 0 saturated carbocycles. The van der Waals surface area contributed by atoms with Crippen molar-refractivity contribution in [1.82, 2.24) is 4.90 Å². The van der Waals surface area contributed by atoms with Crippen LogP contribution in [0.4, 0.5) is 8.78 Å². The molecule has 0 N–H and O–H groups in total. The molecule has 1 heterocycles. The minimum Gasteiger partial charge on any atom is -0.465 e. The summed E-state index contributed by atoms with van der Waals surface area (Å²) in [6, 6.07) is 3.35. The van der Waals surface area contributed by atoms with Gasteiger partial charge in [0.05, 0.1) is 6.61 Å². The van der Waals surface area contributed by atoms with Crippen molar-refractivity contribution in [1.29, 1.82) is 0 Å². The van der Waals surface area contributed by atoms with Gasteiger partial charge >= 0.3 is 5.97 Å². The standard InChI is InChI=1S/C15H19F2NO2/c1-5-20-14(19)15(9(2)18(4)10(15)3)11-6-7-12(16)13(17)8-11/h6-10H,5H2,1-4H3. The van der Waals surface area contributed by atoms with Crippen molar-refractivity contribution in [3.8, 4) is 0 Å². The Bertz CT molecular complexity index is 523. The van der Waals surface area contributed by atoms with Crippen molar-refractivity contribution >= 4 is 5.97 Å². The number of benzene rings is 1. The van der Waals surface area contributed by atoms with E-state index in [4.69, 9.17) is 4.74 Å². The second-order valence-electron chi connectivity index (χ2n) is 5.24. The molecule has 0 aromatic heterocycles. The van der Waals surface area contributed by atoms with Crippen molar-refractivity contribution in [3.05, 3.63) is 35.4 Å². The molecule has 5 heteroatoms. The normalized spacial score (nSPS) is 29.9. The second kappa shape index (κ2) is 5.13. The minimum absolute atomic E-state index is 0.138. The smallest absolute Gasteiger partial charge is 0.319 e. The van der Waals surface area contributed by atoms with Crippen LogP contribution < -0.4 is 0 Å². The summed E-state index contributed by atoms with van der Waals surface area (Å²) in [7, 11) is 1.90. The minimum atomic E-state index is -0.945. The molecule has 20 heavy (non-hydrogen) atoms. The molecule has 1 aromatic rings. The lowest BCUT2D eigenvalue weighted by Crippen LogP contribution is -2.74. The van der Waals surface area contributed by atoms with Crippen LogP contribution in [0, 0.1) is 11.6 Å². The number of esters is 1. The monoisotopic (exact) mass is 283 g/mol. The molecule has 2 atom stereocenters. The Morgan fingerprint density at radius 1 is 1.30 bits per heavy atom. The average molecular weight is 283 g/mol. The summed E-state index contributed by atoms with van der Waals surface area (Å²) in [4.78, 5) is 14.5. The van der Waals surface area contributed by atoms with Crippen molar-refractivity contribution in [2.45, 2.75) is 38.3 Å². The van der Waals surface area contributed by atoms with E-state index in [-0.39, 0.29) is 24.7 Å². The quantitative estimate of drug-likeness (QED) is 0.798. The molecule has 1 aliphatic heterocycles. The number of nitrogens with zero attached hydrogens (tertiary/aromatic N) is 1. The molecule has 1 fully saturated rings. The van der Waals surface area contributed by atoms with Crippen LogP contribution in [0.3, 0.4) is 0 Å².